The van der Waals surface area contributed by atoms with Crippen LogP contribution in [-0.4, -0.2) is 39.6 Å². The number of amides is 1. The largest absolute Gasteiger partial charge is 0.349 e. The Labute approximate surface area is 80.7 Å². The number of aromatic nitrogens is 3. The minimum Gasteiger partial charge on any atom is -0.349 e. The van der Waals surface area contributed by atoms with Crippen LogP contribution in [0.1, 0.15) is 17.0 Å². The van der Waals surface area contributed by atoms with E-state index in [0.29, 0.717) is 6.54 Å². The number of carbonyl (C=O) groups excluding carboxylic acids is 1. The monoisotopic (exact) mass is 200 g/mol. The molecular formula is C7H12N4OS. The zero-order valence-electron chi connectivity index (χ0n) is 7.41. The lowest BCUT2D eigenvalue weighted by Crippen LogP contribution is -2.25. The van der Waals surface area contributed by atoms with Gasteiger partial charge in [0.05, 0.1) is 0 Å². The molecule has 0 aromatic carbocycles. The predicted octanol–water partition coefficient (Wildman–Crippen LogP) is 0.288. The van der Waals surface area contributed by atoms with E-state index in [1.807, 2.05) is 6.26 Å². The zero-order chi connectivity index (χ0) is 9.52. The van der Waals surface area contributed by atoms with E-state index in [9.17, 15) is 4.79 Å². The summed E-state index contributed by atoms with van der Waals surface area (Å²) in [6.07, 6.45) is 4.33. The number of nitrogens with one attached hydrogen (secondary N) is 2. The van der Waals surface area contributed by atoms with Crippen molar-refractivity contribution in [3.05, 3.63) is 12.2 Å². The molecule has 0 saturated heterocycles. The third-order valence-electron chi connectivity index (χ3n) is 1.44. The normalized spacial score (nSPS) is 9.92. The van der Waals surface area contributed by atoms with Crippen molar-refractivity contribution < 1.29 is 4.79 Å². The molecule has 1 aromatic rings. The molecule has 0 fully saturated rings. The summed E-state index contributed by atoms with van der Waals surface area (Å²) in [4.78, 5) is 14.9. The first-order valence-electron chi connectivity index (χ1n) is 3.97. The summed E-state index contributed by atoms with van der Waals surface area (Å²) in [6, 6.07) is 0. The molecule has 0 aliphatic carbocycles. The number of H-pyrrole nitrogens is 1. The van der Waals surface area contributed by atoms with Crippen molar-refractivity contribution in [2.24, 2.45) is 0 Å². The van der Waals surface area contributed by atoms with Gasteiger partial charge in [0.15, 0.2) is 0 Å². The smallest absolute Gasteiger partial charge is 0.288 e. The van der Waals surface area contributed by atoms with Gasteiger partial charge in [-0.05, 0) is 18.4 Å². The molecule has 72 valence electrons. The van der Waals surface area contributed by atoms with E-state index < -0.39 is 0 Å². The first-order chi connectivity index (χ1) is 6.34. The molecule has 6 heteroatoms. The van der Waals surface area contributed by atoms with E-state index in [1.54, 1.807) is 11.8 Å². The van der Waals surface area contributed by atoms with Gasteiger partial charge in [0.2, 0.25) is 5.82 Å². The van der Waals surface area contributed by atoms with Gasteiger partial charge in [0.25, 0.3) is 5.91 Å². The van der Waals surface area contributed by atoms with E-state index in [1.165, 1.54) is 6.33 Å². The van der Waals surface area contributed by atoms with Gasteiger partial charge in [-0.3, -0.25) is 9.89 Å². The van der Waals surface area contributed by atoms with Crippen molar-refractivity contribution in [2.75, 3.05) is 18.6 Å². The lowest BCUT2D eigenvalue weighted by molar-refractivity contribution is 0.0944. The van der Waals surface area contributed by atoms with E-state index >= 15 is 0 Å². The number of thioether (sulfide) groups is 1. The van der Waals surface area contributed by atoms with Gasteiger partial charge in [-0.15, -0.1) is 0 Å². The molecule has 0 atom stereocenters. The molecule has 0 spiro atoms. The third-order valence-corrected chi connectivity index (χ3v) is 2.14. The van der Waals surface area contributed by atoms with Crippen LogP contribution in [0.5, 0.6) is 0 Å². The van der Waals surface area contributed by atoms with Gasteiger partial charge in [0.1, 0.15) is 6.33 Å². The molecule has 1 rings (SSSR count). The Kier molecular flexibility index (Phi) is 4.31. The Morgan fingerprint density at radius 2 is 2.62 bits per heavy atom. The van der Waals surface area contributed by atoms with Crippen molar-refractivity contribution in [3.63, 3.8) is 0 Å². The lowest BCUT2D eigenvalue weighted by Gasteiger charge is -2.00. The topological polar surface area (TPSA) is 70.7 Å². The molecule has 0 unspecified atom stereocenters. The van der Waals surface area contributed by atoms with Gasteiger partial charge < -0.3 is 5.32 Å². The molecule has 0 aliphatic rings. The van der Waals surface area contributed by atoms with E-state index in [-0.39, 0.29) is 11.7 Å². The van der Waals surface area contributed by atoms with Crippen LogP contribution in [0.2, 0.25) is 0 Å². The number of aromatic amines is 1. The van der Waals surface area contributed by atoms with Crippen LogP contribution in [0, 0.1) is 0 Å². The van der Waals surface area contributed by atoms with Crippen molar-refractivity contribution >= 4 is 17.7 Å². The fourth-order valence-corrected chi connectivity index (χ4v) is 1.25. The molecule has 1 heterocycles. The second kappa shape index (κ2) is 5.58. The van der Waals surface area contributed by atoms with Crippen LogP contribution >= 0.6 is 11.8 Å². The minimum absolute atomic E-state index is 0.196. The summed E-state index contributed by atoms with van der Waals surface area (Å²) in [6.45, 7) is 0.681. The number of nitrogens with zero attached hydrogens (tertiary/aromatic N) is 2. The highest BCUT2D eigenvalue weighted by molar-refractivity contribution is 7.98. The highest BCUT2D eigenvalue weighted by Crippen LogP contribution is 1.93. The van der Waals surface area contributed by atoms with Crippen LogP contribution in [0.15, 0.2) is 6.33 Å². The molecular weight excluding hydrogens is 188 g/mol. The van der Waals surface area contributed by atoms with Crippen LogP contribution < -0.4 is 5.32 Å². The van der Waals surface area contributed by atoms with E-state index in [2.05, 4.69) is 20.5 Å². The summed E-state index contributed by atoms with van der Waals surface area (Å²) < 4.78 is 0. The quantitative estimate of drug-likeness (QED) is 0.670. The zero-order valence-corrected chi connectivity index (χ0v) is 8.23. The second-order valence-corrected chi connectivity index (χ2v) is 3.42. The SMILES string of the molecule is CSCCCNC(=O)c1ncn[nH]1. The fourth-order valence-electron chi connectivity index (χ4n) is 0.817. The molecule has 2 N–H and O–H groups in total. The Morgan fingerprint density at radius 1 is 1.77 bits per heavy atom. The maximum absolute atomic E-state index is 11.2. The maximum Gasteiger partial charge on any atom is 0.288 e. The molecule has 0 aliphatic heterocycles. The first-order valence-corrected chi connectivity index (χ1v) is 5.36. The van der Waals surface area contributed by atoms with Crippen molar-refractivity contribution in [3.8, 4) is 0 Å². The summed E-state index contributed by atoms with van der Waals surface area (Å²) in [5, 5.41) is 8.82. The van der Waals surface area contributed by atoms with Crippen molar-refractivity contribution in [1.82, 2.24) is 20.5 Å². The van der Waals surface area contributed by atoms with Gasteiger partial charge >= 0.3 is 0 Å². The number of rotatable bonds is 5. The highest BCUT2D eigenvalue weighted by atomic mass is 32.2. The van der Waals surface area contributed by atoms with Crippen LogP contribution in [-0.2, 0) is 0 Å². The van der Waals surface area contributed by atoms with E-state index in [0.717, 1.165) is 12.2 Å². The summed E-state index contributed by atoms with van der Waals surface area (Å²) >= 11 is 1.76. The van der Waals surface area contributed by atoms with Crippen molar-refractivity contribution in [2.45, 2.75) is 6.42 Å². The Balaban J connectivity index is 2.19. The van der Waals surface area contributed by atoms with Gasteiger partial charge in [-0.25, -0.2) is 4.98 Å². The predicted molar refractivity (Wildman–Crippen MR) is 51.7 cm³/mol. The number of hydrogen-bond acceptors (Lipinski definition) is 4. The van der Waals surface area contributed by atoms with Crippen LogP contribution in [0.4, 0.5) is 0 Å². The average molecular weight is 200 g/mol. The molecule has 13 heavy (non-hydrogen) atoms. The molecule has 1 amide bonds. The Bertz CT molecular complexity index is 249. The Hall–Kier alpha value is -1.04. The summed E-state index contributed by atoms with van der Waals surface area (Å²) in [7, 11) is 0. The molecule has 0 bridgehead atoms. The minimum atomic E-state index is -0.196. The summed E-state index contributed by atoms with van der Waals surface area (Å²) in [5.74, 6) is 1.12. The number of hydrogen-bond donors (Lipinski definition) is 2. The first kappa shape index (κ1) is 10.0. The van der Waals surface area contributed by atoms with Crippen molar-refractivity contribution in [1.29, 1.82) is 0 Å². The van der Waals surface area contributed by atoms with Gasteiger partial charge in [-0.1, -0.05) is 0 Å². The second-order valence-electron chi connectivity index (χ2n) is 2.44. The average Bonchev–Trinajstić information content (AvgIpc) is 2.65. The number of carbonyl (C=O) groups is 1. The lowest BCUT2D eigenvalue weighted by atomic mass is 10.4. The van der Waals surface area contributed by atoms with Gasteiger partial charge in [0, 0.05) is 6.54 Å². The highest BCUT2D eigenvalue weighted by Gasteiger charge is 2.06. The van der Waals surface area contributed by atoms with Crippen LogP contribution in [0.25, 0.3) is 0 Å². The maximum atomic E-state index is 11.2. The molecule has 1 aromatic heterocycles. The third kappa shape index (κ3) is 3.45. The van der Waals surface area contributed by atoms with E-state index in [4.69, 9.17) is 0 Å². The molecule has 0 saturated carbocycles. The standard InChI is InChI=1S/C7H12N4OS/c1-13-4-2-3-8-7(12)6-9-5-10-11-6/h5H,2-4H2,1H3,(H,8,12)(H,9,10,11). The van der Waals surface area contributed by atoms with Gasteiger partial charge in [-0.2, -0.15) is 16.9 Å². The fraction of sp³-hybridized carbons (Fsp3) is 0.571. The van der Waals surface area contributed by atoms with Crippen LogP contribution in [0.3, 0.4) is 0 Å². The summed E-state index contributed by atoms with van der Waals surface area (Å²) in [5.41, 5.74) is 0. The molecule has 5 nitrogen and oxygen atoms in total. The Morgan fingerprint density at radius 3 is 3.23 bits per heavy atom. The molecule has 0 radical (unpaired) electrons.